The summed E-state index contributed by atoms with van der Waals surface area (Å²) in [5.41, 5.74) is 6.87. The molecule has 2 saturated carbocycles. The Labute approximate surface area is 317 Å². The number of piperazine rings is 1. The van der Waals surface area contributed by atoms with Gasteiger partial charge < -0.3 is 26.4 Å². The predicted molar refractivity (Wildman–Crippen MR) is 207 cm³/mol. The van der Waals surface area contributed by atoms with E-state index in [2.05, 4.69) is 25.9 Å². The van der Waals surface area contributed by atoms with E-state index in [4.69, 9.17) is 10.5 Å². The number of piperidine rings is 1. The topological polar surface area (TPSA) is 147 Å². The Bertz CT molecular complexity index is 1430. The van der Waals surface area contributed by atoms with Gasteiger partial charge in [-0.3, -0.25) is 9.69 Å². The van der Waals surface area contributed by atoms with Gasteiger partial charge in [-0.15, -0.1) is 0 Å². The number of halogens is 1. The first-order valence-corrected chi connectivity index (χ1v) is 22.9. The number of fused-ring (bicyclic) bond motifs is 1. The molecule has 12 nitrogen and oxygen atoms in total. The Balaban J connectivity index is 1.08. The second-order valence-electron chi connectivity index (χ2n) is 17.1. The van der Waals surface area contributed by atoms with Gasteiger partial charge in [-0.2, -0.15) is 9.40 Å². The van der Waals surface area contributed by atoms with Gasteiger partial charge in [-0.25, -0.2) is 17.5 Å². The fourth-order valence-corrected chi connectivity index (χ4v) is 12.4. The number of amides is 1. The lowest BCUT2D eigenvalue weighted by atomic mass is 9.81. The van der Waals surface area contributed by atoms with Crippen molar-refractivity contribution in [2.24, 2.45) is 11.8 Å². The Morgan fingerprint density at radius 2 is 1.43 bits per heavy atom. The number of nitrogens with zero attached hydrogens (tertiary/aromatic N) is 4. The van der Waals surface area contributed by atoms with Crippen LogP contribution < -0.4 is 21.7 Å². The molecule has 0 bridgehead atoms. The van der Waals surface area contributed by atoms with Gasteiger partial charge in [0.05, 0.1) is 18.7 Å². The van der Waals surface area contributed by atoms with E-state index >= 15 is 4.39 Å². The number of hydrogen-bond donors (Lipinski definition) is 4. The number of alkyl halides is 1. The van der Waals surface area contributed by atoms with Crippen molar-refractivity contribution in [3.05, 3.63) is 5.56 Å². The molecule has 4 aliphatic heterocycles. The summed E-state index contributed by atoms with van der Waals surface area (Å²) in [6.07, 6.45) is 20.8. The lowest BCUT2D eigenvalue weighted by Crippen LogP contribution is -2.66. The number of nitrogen functional groups attached to an aromatic ring is 1. The van der Waals surface area contributed by atoms with E-state index in [1.54, 1.807) is 8.99 Å². The maximum absolute atomic E-state index is 15.8. The van der Waals surface area contributed by atoms with Crippen LogP contribution in [0.5, 0.6) is 0 Å². The molecule has 5 heterocycles. The maximum Gasteiger partial charge on any atom is 0.259 e. The number of nitrogens with one attached hydrogen (secondary N) is 3. The summed E-state index contributed by atoms with van der Waals surface area (Å²) in [5, 5.41) is 14.7. The van der Waals surface area contributed by atoms with Crippen molar-refractivity contribution >= 4 is 27.6 Å². The molecule has 0 aromatic carbocycles. The average molecular weight is 763 g/mol. The van der Waals surface area contributed by atoms with Crippen molar-refractivity contribution in [1.29, 1.82) is 0 Å². The third kappa shape index (κ3) is 9.18. The second kappa shape index (κ2) is 18.3. The van der Waals surface area contributed by atoms with Crippen LogP contribution >= 0.6 is 0 Å². The molecule has 14 heteroatoms. The molecular weight excluding hydrogens is 696 g/mol. The number of rotatable bonds is 7. The van der Waals surface area contributed by atoms with Crippen LogP contribution in [0, 0.1) is 11.8 Å². The van der Waals surface area contributed by atoms with Crippen LogP contribution in [0.15, 0.2) is 0 Å². The quantitative estimate of drug-likeness (QED) is 0.294. The van der Waals surface area contributed by atoms with Crippen LogP contribution in [-0.2, 0) is 14.8 Å². The minimum absolute atomic E-state index is 0.0454. The van der Waals surface area contributed by atoms with E-state index in [1.807, 2.05) is 0 Å². The van der Waals surface area contributed by atoms with Gasteiger partial charge in [0.25, 0.3) is 5.91 Å². The van der Waals surface area contributed by atoms with E-state index in [0.29, 0.717) is 69.1 Å². The van der Waals surface area contributed by atoms with Crippen molar-refractivity contribution in [1.82, 2.24) is 29.6 Å². The fourth-order valence-electron chi connectivity index (χ4n) is 10.6. The van der Waals surface area contributed by atoms with E-state index in [9.17, 15) is 13.2 Å². The number of ether oxygens (including phenoxy) is 1. The van der Waals surface area contributed by atoms with E-state index in [0.717, 1.165) is 32.1 Å². The Kier molecular flexibility index (Phi) is 13.5. The molecule has 1 aromatic rings. The van der Waals surface area contributed by atoms with E-state index < -0.39 is 27.5 Å². The van der Waals surface area contributed by atoms with Gasteiger partial charge in [-0.1, -0.05) is 83.5 Å². The highest BCUT2D eigenvalue weighted by molar-refractivity contribution is 7.89. The van der Waals surface area contributed by atoms with Gasteiger partial charge in [-0.05, 0) is 50.4 Å². The molecule has 53 heavy (non-hydrogen) atoms. The van der Waals surface area contributed by atoms with Crippen molar-refractivity contribution in [2.75, 3.05) is 63.5 Å². The molecule has 5 fully saturated rings. The number of carbonyl (C=O) groups excluding carboxylic acids is 1. The molecule has 6 atom stereocenters. The summed E-state index contributed by atoms with van der Waals surface area (Å²) in [6.45, 7) is 3.67. The monoisotopic (exact) mass is 762 g/mol. The van der Waals surface area contributed by atoms with Gasteiger partial charge in [0.2, 0.25) is 10.0 Å². The summed E-state index contributed by atoms with van der Waals surface area (Å²) in [4.78, 5) is 16.8. The van der Waals surface area contributed by atoms with Crippen LogP contribution in [0.3, 0.4) is 0 Å². The van der Waals surface area contributed by atoms with Gasteiger partial charge >= 0.3 is 0 Å². The van der Waals surface area contributed by atoms with Crippen molar-refractivity contribution in [2.45, 2.75) is 158 Å². The SMILES string of the molecule is Nc1nn2c(c1C(=O)NC1CNC(C3CCCCCCCC3)CC1N1CCN(S(=O)(=O)C3CCOC3)CC1)NCC(F)C2C1CCCCCCCCC1. The largest absolute Gasteiger partial charge is 0.381 e. The Hall–Kier alpha value is -2.00. The molecule has 300 valence electrons. The Morgan fingerprint density at radius 1 is 0.830 bits per heavy atom. The zero-order valence-electron chi connectivity index (χ0n) is 32.0. The van der Waals surface area contributed by atoms with Gasteiger partial charge in [0.1, 0.15) is 22.8 Å². The minimum atomic E-state index is -3.41. The molecule has 7 rings (SSSR count). The van der Waals surface area contributed by atoms with Crippen molar-refractivity contribution in [3.8, 4) is 0 Å². The van der Waals surface area contributed by atoms with E-state index in [-0.39, 0.29) is 42.9 Å². The van der Waals surface area contributed by atoms with Crippen LogP contribution in [-0.4, -0.2) is 115 Å². The molecule has 3 saturated heterocycles. The van der Waals surface area contributed by atoms with E-state index in [1.165, 1.54) is 83.5 Å². The first-order chi connectivity index (χ1) is 25.8. The number of carbonyl (C=O) groups is 1. The summed E-state index contributed by atoms with van der Waals surface area (Å²) in [5.74, 6) is 1.14. The van der Waals surface area contributed by atoms with Gasteiger partial charge in [0, 0.05) is 58.0 Å². The lowest BCUT2D eigenvalue weighted by molar-refractivity contribution is 0.0604. The highest BCUT2D eigenvalue weighted by Gasteiger charge is 2.44. The van der Waals surface area contributed by atoms with Crippen LogP contribution in [0.1, 0.15) is 138 Å². The number of nitrogens with two attached hydrogens (primary N) is 1. The lowest BCUT2D eigenvalue weighted by Gasteiger charge is -2.47. The molecule has 2 aliphatic carbocycles. The average Bonchev–Trinajstić information content (AvgIpc) is 3.85. The molecule has 0 spiro atoms. The molecule has 6 unspecified atom stereocenters. The number of sulfonamides is 1. The Morgan fingerprint density at radius 3 is 2.04 bits per heavy atom. The van der Waals surface area contributed by atoms with Crippen LogP contribution in [0.25, 0.3) is 0 Å². The third-order valence-corrected chi connectivity index (χ3v) is 16.0. The predicted octanol–water partition coefficient (Wildman–Crippen LogP) is 5.23. The number of hydrogen-bond acceptors (Lipinski definition) is 9. The maximum atomic E-state index is 15.8. The zero-order chi connectivity index (χ0) is 36.8. The normalized spacial score (nSPS) is 32.8. The summed E-state index contributed by atoms with van der Waals surface area (Å²) in [7, 11) is -3.41. The molecule has 5 N–H and O–H groups in total. The zero-order valence-corrected chi connectivity index (χ0v) is 32.8. The number of aromatic nitrogens is 2. The summed E-state index contributed by atoms with van der Waals surface area (Å²) in [6, 6.07) is -0.249. The molecular formula is C39H67FN8O4S. The molecule has 0 radical (unpaired) electrons. The first kappa shape index (κ1) is 39.2. The fraction of sp³-hybridized carbons (Fsp3) is 0.897. The van der Waals surface area contributed by atoms with Crippen molar-refractivity contribution < 1.29 is 22.3 Å². The van der Waals surface area contributed by atoms with Crippen LogP contribution in [0.2, 0.25) is 0 Å². The number of anilines is 2. The summed E-state index contributed by atoms with van der Waals surface area (Å²) < 4.78 is 51.5. The second-order valence-corrected chi connectivity index (χ2v) is 19.3. The smallest absolute Gasteiger partial charge is 0.259 e. The van der Waals surface area contributed by atoms with Crippen molar-refractivity contribution in [3.63, 3.8) is 0 Å². The highest BCUT2D eigenvalue weighted by Crippen LogP contribution is 2.40. The summed E-state index contributed by atoms with van der Waals surface area (Å²) >= 11 is 0. The first-order valence-electron chi connectivity index (χ1n) is 21.4. The highest BCUT2D eigenvalue weighted by atomic mass is 32.2. The van der Waals surface area contributed by atoms with Crippen LogP contribution in [0.4, 0.5) is 16.0 Å². The van der Waals surface area contributed by atoms with Gasteiger partial charge in [0.15, 0.2) is 5.82 Å². The third-order valence-electron chi connectivity index (χ3n) is 13.7. The molecule has 1 aromatic heterocycles. The molecule has 6 aliphatic rings. The minimum Gasteiger partial charge on any atom is -0.381 e. The standard InChI is InChI=1S/C39H67FN8O4S/c40-31-25-43-38-35(37(41)45-48(38)36(31)29-16-12-8-2-1-3-9-13-17-29)39(49)44-33-26-42-32(28-14-10-6-4-5-7-11-15-28)24-34(33)46-19-21-47(22-20-46)53(50,51)30-18-23-52-27-30/h28-34,36,42-43H,1-27H2,(H2,41,45)(H,44,49). The molecule has 1 amide bonds.